The summed E-state index contributed by atoms with van der Waals surface area (Å²) in [5.74, 6) is -0.829. The summed E-state index contributed by atoms with van der Waals surface area (Å²) in [6, 6.07) is 9.89. The predicted molar refractivity (Wildman–Crippen MR) is 136 cm³/mol. The molecule has 0 spiro atoms. The van der Waals surface area contributed by atoms with Gasteiger partial charge in [-0.1, -0.05) is 17.7 Å². The van der Waals surface area contributed by atoms with Gasteiger partial charge in [-0.2, -0.15) is 0 Å². The molecular formula is C23H18ClN5O5S2. The molecule has 4 amide bonds. The van der Waals surface area contributed by atoms with Gasteiger partial charge in [-0.05, 0) is 60.4 Å². The maximum Gasteiger partial charge on any atom is 0.333 e. The summed E-state index contributed by atoms with van der Waals surface area (Å²) in [5, 5.41) is 2.36. The first-order valence-corrected chi connectivity index (χ1v) is 13.5. The molecule has 36 heavy (non-hydrogen) atoms. The number of carbonyl (C=O) groups excluding carboxylic acids is 3. The summed E-state index contributed by atoms with van der Waals surface area (Å²) < 4.78 is 26.5. The molecule has 0 atom stereocenters. The number of benzene rings is 1. The number of rotatable bonds is 5. The SMILES string of the molecule is O=C(Nc1ccc(N2C(=O)Cc3cc(C4=NCCC4)ccc3C2=O)nc1)NS(=O)(=O)c1ccc(Cl)s1. The Kier molecular flexibility index (Phi) is 6.33. The van der Waals surface area contributed by atoms with Crippen LogP contribution in [0, 0.1) is 0 Å². The number of amides is 4. The Morgan fingerprint density at radius 3 is 2.61 bits per heavy atom. The number of nitrogens with zero attached hydrogens (tertiary/aromatic N) is 3. The van der Waals surface area contributed by atoms with E-state index in [9.17, 15) is 22.8 Å². The fourth-order valence-electron chi connectivity index (χ4n) is 3.97. The normalized spacial score (nSPS) is 15.5. The molecule has 0 saturated heterocycles. The molecule has 2 aliphatic rings. The van der Waals surface area contributed by atoms with E-state index in [0.717, 1.165) is 46.9 Å². The van der Waals surface area contributed by atoms with E-state index >= 15 is 0 Å². The van der Waals surface area contributed by atoms with Crippen LogP contribution in [-0.2, 0) is 21.2 Å². The van der Waals surface area contributed by atoms with Crippen LogP contribution in [0.5, 0.6) is 0 Å². The van der Waals surface area contributed by atoms with Crippen LogP contribution in [0.15, 0.2) is 57.9 Å². The number of aliphatic imine (C=N–C) groups is 1. The number of sulfonamides is 1. The highest BCUT2D eigenvalue weighted by molar-refractivity contribution is 7.92. The Morgan fingerprint density at radius 2 is 1.94 bits per heavy atom. The molecule has 0 bridgehead atoms. The van der Waals surface area contributed by atoms with E-state index in [1.165, 1.54) is 30.5 Å². The third-order valence-corrected chi connectivity index (χ3v) is 8.67. The van der Waals surface area contributed by atoms with Crippen LogP contribution in [0.25, 0.3) is 0 Å². The summed E-state index contributed by atoms with van der Waals surface area (Å²) >= 11 is 6.57. The quantitative estimate of drug-likeness (QED) is 0.471. The minimum Gasteiger partial charge on any atom is -0.306 e. The van der Waals surface area contributed by atoms with Gasteiger partial charge >= 0.3 is 6.03 Å². The van der Waals surface area contributed by atoms with Crippen molar-refractivity contribution in [3.8, 4) is 0 Å². The molecule has 4 heterocycles. The van der Waals surface area contributed by atoms with Crippen LogP contribution in [0.3, 0.4) is 0 Å². The number of hydrogen-bond acceptors (Lipinski definition) is 8. The molecule has 2 N–H and O–H groups in total. The number of urea groups is 1. The van der Waals surface area contributed by atoms with Crippen molar-refractivity contribution in [3.63, 3.8) is 0 Å². The average Bonchev–Trinajstić information content (AvgIpc) is 3.52. The minimum atomic E-state index is -4.09. The molecule has 0 fully saturated rings. The lowest BCUT2D eigenvalue weighted by molar-refractivity contribution is -0.117. The highest BCUT2D eigenvalue weighted by atomic mass is 35.5. The number of thiophene rings is 1. The molecule has 2 aliphatic heterocycles. The Labute approximate surface area is 215 Å². The first kappa shape index (κ1) is 24.1. The molecule has 5 rings (SSSR count). The highest BCUT2D eigenvalue weighted by Crippen LogP contribution is 2.28. The average molecular weight is 544 g/mol. The first-order valence-electron chi connectivity index (χ1n) is 10.8. The number of pyridine rings is 1. The van der Waals surface area contributed by atoms with E-state index in [2.05, 4.69) is 15.3 Å². The van der Waals surface area contributed by atoms with E-state index in [1.54, 1.807) is 6.07 Å². The van der Waals surface area contributed by atoms with Gasteiger partial charge in [-0.3, -0.25) is 14.6 Å². The van der Waals surface area contributed by atoms with Gasteiger partial charge in [0, 0.05) is 17.8 Å². The van der Waals surface area contributed by atoms with Gasteiger partial charge in [0.15, 0.2) is 0 Å². The van der Waals surface area contributed by atoms with Gasteiger partial charge in [0.1, 0.15) is 10.0 Å². The topological polar surface area (TPSA) is 138 Å². The third kappa shape index (κ3) is 4.74. The lowest BCUT2D eigenvalue weighted by Gasteiger charge is -2.26. The van der Waals surface area contributed by atoms with Crippen molar-refractivity contribution in [1.82, 2.24) is 9.71 Å². The zero-order valence-electron chi connectivity index (χ0n) is 18.5. The van der Waals surface area contributed by atoms with Crippen molar-refractivity contribution in [2.45, 2.75) is 23.5 Å². The summed E-state index contributed by atoms with van der Waals surface area (Å²) in [6.07, 6.45) is 3.14. The lowest BCUT2D eigenvalue weighted by Crippen LogP contribution is -2.43. The van der Waals surface area contributed by atoms with Crippen molar-refractivity contribution in [3.05, 3.63) is 69.7 Å². The second kappa shape index (κ2) is 9.45. The Bertz CT molecular complexity index is 1530. The molecule has 2 aromatic heterocycles. The summed E-state index contributed by atoms with van der Waals surface area (Å²) in [5.41, 5.74) is 3.14. The van der Waals surface area contributed by atoms with Crippen molar-refractivity contribution >= 4 is 68.0 Å². The Balaban J connectivity index is 1.29. The Morgan fingerprint density at radius 1 is 1.11 bits per heavy atom. The molecule has 0 aliphatic carbocycles. The van der Waals surface area contributed by atoms with Gasteiger partial charge in [-0.15, -0.1) is 11.3 Å². The van der Waals surface area contributed by atoms with Gasteiger partial charge in [-0.25, -0.2) is 27.8 Å². The van der Waals surface area contributed by atoms with Gasteiger partial charge in [0.2, 0.25) is 5.91 Å². The first-order chi connectivity index (χ1) is 17.2. The maximum atomic E-state index is 13.1. The van der Waals surface area contributed by atoms with E-state index < -0.39 is 27.9 Å². The van der Waals surface area contributed by atoms with Crippen molar-refractivity contribution in [2.75, 3.05) is 16.8 Å². The Hall–Kier alpha value is -3.61. The third-order valence-electron chi connectivity index (χ3n) is 5.61. The van der Waals surface area contributed by atoms with Crippen molar-refractivity contribution in [2.24, 2.45) is 4.99 Å². The molecular weight excluding hydrogens is 526 g/mol. The van der Waals surface area contributed by atoms with Gasteiger partial charge < -0.3 is 5.32 Å². The molecule has 0 unspecified atom stereocenters. The molecule has 3 aromatic rings. The molecule has 13 heteroatoms. The zero-order chi connectivity index (χ0) is 25.4. The van der Waals surface area contributed by atoms with E-state index in [0.29, 0.717) is 11.1 Å². The molecule has 10 nitrogen and oxygen atoms in total. The molecule has 0 radical (unpaired) electrons. The summed E-state index contributed by atoms with van der Waals surface area (Å²) in [7, 11) is -4.09. The molecule has 184 valence electrons. The second-order valence-corrected chi connectivity index (χ2v) is 11.7. The number of fused-ring (bicyclic) bond motifs is 1. The van der Waals surface area contributed by atoms with Gasteiger partial charge in [0.05, 0.1) is 22.6 Å². The maximum absolute atomic E-state index is 13.1. The van der Waals surface area contributed by atoms with Crippen LogP contribution >= 0.6 is 22.9 Å². The van der Waals surface area contributed by atoms with Crippen molar-refractivity contribution < 1.29 is 22.8 Å². The largest absolute Gasteiger partial charge is 0.333 e. The van der Waals surface area contributed by atoms with Crippen LogP contribution in [0.1, 0.15) is 34.3 Å². The van der Waals surface area contributed by atoms with Crippen LogP contribution in [0.2, 0.25) is 4.34 Å². The minimum absolute atomic E-state index is 0.0386. The fourth-order valence-corrected chi connectivity index (χ4v) is 6.36. The summed E-state index contributed by atoms with van der Waals surface area (Å²) in [4.78, 5) is 47.7. The van der Waals surface area contributed by atoms with E-state index in [-0.39, 0.29) is 26.5 Å². The zero-order valence-corrected chi connectivity index (χ0v) is 20.9. The lowest BCUT2D eigenvalue weighted by atomic mass is 9.94. The van der Waals surface area contributed by atoms with Gasteiger partial charge in [0.25, 0.3) is 15.9 Å². The fraction of sp³-hybridized carbons (Fsp3) is 0.174. The van der Waals surface area contributed by atoms with Crippen molar-refractivity contribution in [1.29, 1.82) is 0 Å². The second-order valence-electron chi connectivity index (χ2n) is 8.04. The predicted octanol–water partition coefficient (Wildman–Crippen LogP) is 3.62. The summed E-state index contributed by atoms with van der Waals surface area (Å²) in [6.45, 7) is 0.787. The molecule has 0 saturated carbocycles. The van der Waals surface area contributed by atoms with E-state index in [4.69, 9.17) is 11.6 Å². The number of imide groups is 1. The van der Waals surface area contributed by atoms with E-state index in [1.807, 2.05) is 16.9 Å². The standard InChI is InChI=1S/C23H18ClN5O5S2/c24-18-6-8-21(35-18)36(33,34)28-23(32)27-15-4-7-19(26-12-15)29-20(30)11-14-10-13(17-2-1-9-25-17)3-5-16(14)22(29)31/h3-8,10,12H,1-2,9,11H2,(H2,27,28,32). The van der Waals surface area contributed by atoms with Crippen LogP contribution in [-0.4, -0.2) is 43.5 Å². The number of carbonyl (C=O) groups is 3. The number of halogens is 1. The number of nitrogens with one attached hydrogen (secondary N) is 2. The highest BCUT2D eigenvalue weighted by Gasteiger charge is 2.33. The monoisotopic (exact) mass is 543 g/mol. The number of anilines is 2. The molecule has 1 aromatic carbocycles. The number of aromatic nitrogens is 1. The smallest absolute Gasteiger partial charge is 0.306 e. The van der Waals surface area contributed by atoms with Crippen LogP contribution in [0.4, 0.5) is 16.3 Å². The van der Waals surface area contributed by atoms with Crippen LogP contribution < -0.4 is 14.9 Å². The number of hydrogen-bond donors (Lipinski definition) is 2.